The Hall–Kier alpha value is -1.51. The Morgan fingerprint density at radius 3 is 2.58 bits per heavy atom. The van der Waals surface area contributed by atoms with Crippen LogP contribution in [0.5, 0.6) is 11.5 Å². The van der Waals surface area contributed by atoms with Crippen LogP contribution < -0.4 is 9.47 Å². The predicted octanol–water partition coefficient (Wildman–Crippen LogP) is 1.56. The minimum Gasteiger partial charge on any atom is -0.454 e. The number of hydrogen-bond donors (Lipinski definition) is 0. The van der Waals surface area contributed by atoms with Gasteiger partial charge in [-0.2, -0.15) is 0 Å². The molecule has 3 rings (SSSR count). The van der Waals surface area contributed by atoms with E-state index in [1.165, 1.54) is 10.6 Å². The van der Waals surface area contributed by atoms with Crippen LogP contribution in [0.4, 0.5) is 0 Å². The van der Waals surface area contributed by atoms with Gasteiger partial charge in [-0.15, -0.1) is 0 Å². The summed E-state index contributed by atoms with van der Waals surface area (Å²) in [4.78, 5) is 14.4. The quantitative estimate of drug-likeness (QED) is 0.802. The van der Waals surface area contributed by atoms with Crippen molar-refractivity contribution in [2.75, 3.05) is 33.2 Å². The molecule has 1 saturated heterocycles. The summed E-state index contributed by atoms with van der Waals surface area (Å²) in [6.45, 7) is 1.08. The first-order valence-corrected chi connectivity index (χ1v) is 9.81. The molecule has 0 N–H and O–H groups in total. The summed E-state index contributed by atoms with van der Waals surface area (Å²) in [6, 6.07) is 3.13. The summed E-state index contributed by atoms with van der Waals surface area (Å²) >= 11 is 6.12. The van der Waals surface area contributed by atoms with Gasteiger partial charge in [0.1, 0.15) is 0 Å². The molecule has 0 bridgehead atoms. The molecule has 0 aromatic heterocycles. The summed E-state index contributed by atoms with van der Waals surface area (Å²) in [5.74, 6) is 0.787. The molecule has 132 valence electrons. The Morgan fingerprint density at radius 2 is 1.96 bits per heavy atom. The zero-order chi connectivity index (χ0) is 17.5. The van der Waals surface area contributed by atoms with Crippen molar-refractivity contribution in [2.45, 2.75) is 18.9 Å². The lowest BCUT2D eigenvalue weighted by Gasteiger charge is -2.35. The van der Waals surface area contributed by atoms with E-state index in [-0.39, 0.29) is 18.7 Å². The fraction of sp³-hybridized carbons (Fsp3) is 0.533. The Balaban J connectivity index is 1.69. The molecule has 1 amide bonds. The van der Waals surface area contributed by atoms with Crippen molar-refractivity contribution in [3.8, 4) is 11.5 Å². The first-order chi connectivity index (χ1) is 11.3. The molecule has 1 fully saturated rings. The second-order valence-electron chi connectivity index (χ2n) is 5.99. The van der Waals surface area contributed by atoms with Crippen LogP contribution in [0.2, 0.25) is 5.02 Å². The highest BCUT2D eigenvalue weighted by molar-refractivity contribution is 7.88. The van der Waals surface area contributed by atoms with Crippen LogP contribution in [-0.2, 0) is 10.0 Å². The van der Waals surface area contributed by atoms with Gasteiger partial charge in [0, 0.05) is 31.7 Å². The van der Waals surface area contributed by atoms with Crippen molar-refractivity contribution in [3.63, 3.8) is 0 Å². The molecule has 2 aliphatic rings. The molecular weight excluding hydrogens is 356 g/mol. The summed E-state index contributed by atoms with van der Waals surface area (Å²) in [6.07, 6.45) is 2.40. The van der Waals surface area contributed by atoms with E-state index >= 15 is 0 Å². The molecule has 0 atom stereocenters. The van der Waals surface area contributed by atoms with Gasteiger partial charge >= 0.3 is 0 Å². The molecule has 9 heteroatoms. The summed E-state index contributed by atoms with van der Waals surface area (Å²) in [7, 11) is -1.64. The van der Waals surface area contributed by atoms with Crippen molar-refractivity contribution in [1.29, 1.82) is 0 Å². The zero-order valence-corrected chi connectivity index (χ0v) is 15.1. The SMILES string of the molecule is CN(C1CCN(C(=O)c2cc(Cl)c3c(c2)OCO3)CC1)S(C)(=O)=O. The maximum absolute atomic E-state index is 12.7. The summed E-state index contributed by atoms with van der Waals surface area (Å²) < 4.78 is 35.2. The van der Waals surface area contributed by atoms with Crippen molar-refractivity contribution < 1.29 is 22.7 Å². The van der Waals surface area contributed by atoms with Crippen LogP contribution in [0.3, 0.4) is 0 Å². The first kappa shape index (κ1) is 17.3. The van der Waals surface area contributed by atoms with E-state index in [1.54, 1.807) is 24.1 Å². The molecule has 0 radical (unpaired) electrons. The Kier molecular flexibility index (Phi) is 4.63. The number of halogens is 1. The molecule has 24 heavy (non-hydrogen) atoms. The normalized spacial score (nSPS) is 18.2. The molecule has 0 aliphatic carbocycles. The standard InChI is InChI=1S/C15H19ClN2O5S/c1-17(24(2,20)21)11-3-5-18(6-4-11)15(19)10-7-12(16)14-13(8-10)22-9-23-14/h7-8,11H,3-6,9H2,1-2H3. The van der Waals surface area contributed by atoms with Gasteiger partial charge in [-0.1, -0.05) is 11.6 Å². The van der Waals surface area contributed by atoms with E-state index in [1.807, 2.05) is 0 Å². The van der Waals surface area contributed by atoms with Crippen molar-refractivity contribution in [3.05, 3.63) is 22.7 Å². The third-order valence-corrected chi connectivity index (χ3v) is 6.09. The summed E-state index contributed by atoms with van der Waals surface area (Å²) in [5, 5.41) is 0.347. The first-order valence-electron chi connectivity index (χ1n) is 7.59. The average molecular weight is 375 g/mol. The van der Waals surface area contributed by atoms with E-state index in [4.69, 9.17) is 21.1 Å². The third-order valence-electron chi connectivity index (χ3n) is 4.46. The molecule has 1 aromatic rings. The summed E-state index contributed by atoms with van der Waals surface area (Å²) in [5.41, 5.74) is 0.444. The molecule has 1 aromatic carbocycles. The highest BCUT2D eigenvalue weighted by Crippen LogP contribution is 2.40. The molecule has 7 nitrogen and oxygen atoms in total. The molecular formula is C15H19ClN2O5S. The number of piperidine rings is 1. The predicted molar refractivity (Wildman–Crippen MR) is 89.1 cm³/mol. The Bertz CT molecular complexity index is 759. The maximum Gasteiger partial charge on any atom is 0.254 e. The van der Waals surface area contributed by atoms with Gasteiger partial charge in [-0.3, -0.25) is 4.79 Å². The number of fused-ring (bicyclic) bond motifs is 1. The van der Waals surface area contributed by atoms with Crippen LogP contribution >= 0.6 is 11.6 Å². The molecule has 0 unspecified atom stereocenters. The van der Waals surface area contributed by atoms with E-state index < -0.39 is 10.0 Å². The van der Waals surface area contributed by atoms with E-state index in [0.29, 0.717) is 48.0 Å². The minimum absolute atomic E-state index is 0.0793. The topological polar surface area (TPSA) is 76.2 Å². The lowest BCUT2D eigenvalue weighted by atomic mass is 10.0. The molecule has 0 spiro atoms. The van der Waals surface area contributed by atoms with Gasteiger partial charge in [-0.25, -0.2) is 12.7 Å². The number of carbonyl (C=O) groups is 1. The molecule has 2 aliphatic heterocycles. The molecule has 2 heterocycles. The van der Waals surface area contributed by atoms with E-state index in [2.05, 4.69) is 0 Å². The zero-order valence-electron chi connectivity index (χ0n) is 13.5. The van der Waals surface area contributed by atoms with Gasteiger partial charge in [0.15, 0.2) is 11.5 Å². The van der Waals surface area contributed by atoms with Crippen LogP contribution in [0, 0.1) is 0 Å². The number of rotatable bonds is 3. The number of likely N-dealkylation sites (tertiary alicyclic amines) is 1. The van der Waals surface area contributed by atoms with Crippen molar-refractivity contribution in [1.82, 2.24) is 9.21 Å². The number of carbonyl (C=O) groups excluding carboxylic acids is 1. The van der Waals surface area contributed by atoms with Gasteiger partial charge in [-0.05, 0) is 25.0 Å². The van der Waals surface area contributed by atoms with Crippen molar-refractivity contribution >= 4 is 27.5 Å². The number of nitrogens with zero attached hydrogens (tertiary/aromatic N) is 2. The Labute approximate surface area is 146 Å². The van der Waals surface area contributed by atoms with Gasteiger partial charge in [0.05, 0.1) is 11.3 Å². The largest absolute Gasteiger partial charge is 0.454 e. The molecule has 0 saturated carbocycles. The third kappa shape index (κ3) is 3.31. The van der Waals surface area contributed by atoms with Gasteiger partial charge in [0.2, 0.25) is 16.8 Å². The Morgan fingerprint density at radius 1 is 1.29 bits per heavy atom. The van der Waals surface area contributed by atoms with Gasteiger partial charge < -0.3 is 14.4 Å². The smallest absolute Gasteiger partial charge is 0.254 e. The van der Waals surface area contributed by atoms with Gasteiger partial charge in [0.25, 0.3) is 5.91 Å². The number of benzene rings is 1. The number of sulfonamides is 1. The van der Waals surface area contributed by atoms with Crippen LogP contribution in [-0.4, -0.2) is 62.8 Å². The number of hydrogen-bond acceptors (Lipinski definition) is 5. The van der Waals surface area contributed by atoms with Crippen LogP contribution in [0.25, 0.3) is 0 Å². The highest BCUT2D eigenvalue weighted by atomic mass is 35.5. The highest BCUT2D eigenvalue weighted by Gasteiger charge is 2.30. The second-order valence-corrected chi connectivity index (χ2v) is 8.44. The number of ether oxygens (including phenoxy) is 2. The second kappa shape index (κ2) is 6.42. The van der Waals surface area contributed by atoms with Crippen LogP contribution in [0.1, 0.15) is 23.2 Å². The average Bonchev–Trinajstić information content (AvgIpc) is 3.02. The number of amides is 1. The maximum atomic E-state index is 12.7. The lowest BCUT2D eigenvalue weighted by Crippen LogP contribution is -2.47. The fourth-order valence-corrected chi connectivity index (χ4v) is 3.99. The minimum atomic E-state index is -3.22. The van der Waals surface area contributed by atoms with Crippen LogP contribution in [0.15, 0.2) is 12.1 Å². The monoisotopic (exact) mass is 374 g/mol. The lowest BCUT2D eigenvalue weighted by molar-refractivity contribution is 0.0686. The van der Waals surface area contributed by atoms with Crippen molar-refractivity contribution in [2.24, 2.45) is 0 Å². The van der Waals surface area contributed by atoms with E-state index in [9.17, 15) is 13.2 Å². The van der Waals surface area contributed by atoms with E-state index in [0.717, 1.165) is 0 Å². The fourth-order valence-electron chi connectivity index (χ4n) is 2.98.